The van der Waals surface area contributed by atoms with Crippen LogP contribution < -0.4 is 15.2 Å². The van der Waals surface area contributed by atoms with Gasteiger partial charge in [0.15, 0.2) is 5.56 Å². The van der Waals surface area contributed by atoms with E-state index in [1.54, 1.807) is 32.2 Å². The van der Waals surface area contributed by atoms with Crippen molar-refractivity contribution >= 4 is 11.7 Å². The Labute approximate surface area is 139 Å². The number of hydrogen-bond donors (Lipinski definition) is 3. The number of nitrogens with zero attached hydrogens (tertiary/aromatic N) is 1. The minimum atomic E-state index is -1.46. The van der Waals surface area contributed by atoms with E-state index in [9.17, 15) is 14.7 Å². The van der Waals surface area contributed by atoms with Gasteiger partial charge >= 0.3 is 5.97 Å². The predicted octanol–water partition coefficient (Wildman–Crippen LogP) is 2.08. The number of aromatic amines is 1. The fourth-order valence-electron chi connectivity index (χ4n) is 2.62. The number of benzene rings is 1. The van der Waals surface area contributed by atoms with Gasteiger partial charge in [0.25, 0.3) is 5.56 Å². The minimum absolute atomic E-state index is 0.358. The van der Waals surface area contributed by atoms with Gasteiger partial charge in [-0.05, 0) is 18.6 Å². The normalized spacial score (nSPS) is 10.5. The third-order valence-electron chi connectivity index (χ3n) is 3.81. The van der Waals surface area contributed by atoms with Crippen LogP contribution in [-0.4, -0.2) is 42.4 Å². The largest absolute Gasteiger partial charge is 0.506 e. The summed E-state index contributed by atoms with van der Waals surface area (Å²) in [5, 5.41) is 19.4. The van der Waals surface area contributed by atoms with E-state index in [2.05, 4.69) is 4.98 Å². The number of hydrogen-bond acceptors (Lipinski definition) is 5. The first kappa shape index (κ1) is 17.4. The Hall–Kier alpha value is -2.96. The summed E-state index contributed by atoms with van der Waals surface area (Å²) in [5.74, 6) is -1.31. The summed E-state index contributed by atoms with van der Waals surface area (Å²) in [7, 11) is 5.24. The van der Waals surface area contributed by atoms with Crippen LogP contribution in [0.1, 0.15) is 22.8 Å². The molecule has 0 unspecified atom stereocenters. The molecule has 7 heteroatoms. The number of carbonyl (C=O) groups is 1. The van der Waals surface area contributed by atoms with Crippen LogP contribution in [0.2, 0.25) is 0 Å². The molecule has 0 aliphatic carbocycles. The molecule has 24 heavy (non-hydrogen) atoms. The topological polar surface area (TPSA) is 103 Å². The van der Waals surface area contributed by atoms with Crippen molar-refractivity contribution in [3.63, 3.8) is 0 Å². The lowest BCUT2D eigenvalue weighted by Gasteiger charge is -2.20. The highest BCUT2D eigenvalue weighted by molar-refractivity contribution is 5.92. The van der Waals surface area contributed by atoms with Gasteiger partial charge in [0.1, 0.15) is 11.5 Å². The third-order valence-corrected chi connectivity index (χ3v) is 3.81. The lowest BCUT2D eigenvalue weighted by molar-refractivity contribution is 0.0691. The van der Waals surface area contributed by atoms with E-state index in [4.69, 9.17) is 9.84 Å². The molecule has 0 atom stereocenters. The van der Waals surface area contributed by atoms with Crippen LogP contribution in [0.15, 0.2) is 23.0 Å². The Morgan fingerprint density at radius 2 is 2.00 bits per heavy atom. The summed E-state index contributed by atoms with van der Waals surface area (Å²) in [5.41, 5.74) is 0.726. The Morgan fingerprint density at radius 1 is 1.33 bits per heavy atom. The maximum Gasteiger partial charge on any atom is 0.345 e. The molecule has 3 N–H and O–H groups in total. The molecule has 128 valence electrons. The van der Waals surface area contributed by atoms with E-state index in [0.29, 0.717) is 29.0 Å². The van der Waals surface area contributed by atoms with E-state index in [0.717, 1.165) is 5.69 Å². The molecule has 1 aromatic heterocycles. The number of rotatable bonds is 5. The number of aromatic nitrogens is 1. The second-order valence-corrected chi connectivity index (χ2v) is 5.47. The molecule has 1 heterocycles. The maximum atomic E-state index is 12.1. The number of methoxy groups -OCH3 is 1. The molecule has 0 radical (unpaired) electrons. The van der Waals surface area contributed by atoms with Crippen molar-refractivity contribution < 1.29 is 19.7 Å². The second kappa shape index (κ2) is 6.66. The summed E-state index contributed by atoms with van der Waals surface area (Å²) in [4.78, 5) is 27.8. The summed E-state index contributed by atoms with van der Waals surface area (Å²) >= 11 is 0. The minimum Gasteiger partial charge on any atom is -0.506 e. The number of pyridine rings is 1. The van der Waals surface area contributed by atoms with Crippen molar-refractivity contribution in [2.24, 2.45) is 0 Å². The molecule has 1 aromatic carbocycles. The summed E-state index contributed by atoms with van der Waals surface area (Å²) in [6.45, 7) is 1.78. The predicted molar refractivity (Wildman–Crippen MR) is 91.4 cm³/mol. The van der Waals surface area contributed by atoms with Crippen LogP contribution in [-0.2, 0) is 6.42 Å². The zero-order valence-electron chi connectivity index (χ0n) is 14.0. The number of carboxylic acids is 1. The second-order valence-electron chi connectivity index (χ2n) is 5.47. The summed E-state index contributed by atoms with van der Waals surface area (Å²) in [6, 6.07) is 5.30. The van der Waals surface area contributed by atoms with Crippen LogP contribution in [0.25, 0.3) is 11.3 Å². The van der Waals surface area contributed by atoms with Crippen LogP contribution in [0.5, 0.6) is 11.5 Å². The van der Waals surface area contributed by atoms with Gasteiger partial charge in [0, 0.05) is 37.0 Å². The van der Waals surface area contributed by atoms with Gasteiger partial charge in [0.2, 0.25) is 0 Å². The first-order chi connectivity index (χ1) is 11.3. The molecule has 7 nitrogen and oxygen atoms in total. The molecule has 2 aromatic rings. The fourth-order valence-corrected chi connectivity index (χ4v) is 2.62. The fraction of sp³-hybridized carbons (Fsp3) is 0.294. The van der Waals surface area contributed by atoms with Crippen molar-refractivity contribution in [2.75, 3.05) is 26.1 Å². The number of aromatic carboxylic acids is 1. The summed E-state index contributed by atoms with van der Waals surface area (Å²) in [6.07, 6.45) is 0.358. The highest BCUT2D eigenvalue weighted by Gasteiger charge is 2.23. The van der Waals surface area contributed by atoms with E-state index in [1.165, 1.54) is 0 Å². The van der Waals surface area contributed by atoms with Gasteiger partial charge in [-0.3, -0.25) is 4.79 Å². The molecule has 0 aliphatic heterocycles. The Morgan fingerprint density at radius 3 is 2.50 bits per heavy atom. The lowest BCUT2D eigenvalue weighted by Crippen LogP contribution is -2.20. The van der Waals surface area contributed by atoms with E-state index in [1.807, 2.05) is 19.0 Å². The number of carboxylic acid groups (broad SMARTS) is 1. The highest BCUT2D eigenvalue weighted by atomic mass is 16.5. The van der Waals surface area contributed by atoms with Crippen LogP contribution >= 0.6 is 0 Å². The van der Waals surface area contributed by atoms with Gasteiger partial charge in [-0.15, -0.1) is 0 Å². The number of anilines is 1. The number of nitrogens with one attached hydrogen (secondary N) is 1. The van der Waals surface area contributed by atoms with Crippen molar-refractivity contribution in [3.8, 4) is 22.8 Å². The Bertz CT molecular complexity index is 840. The van der Waals surface area contributed by atoms with Crippen molar-refractivity contribution in [1.29, 1.82) is 0 Å². The molecular weight excluding hydrogens is 312 g/mol. The number of ether oxygens (including phenoxy) is 1. The van der Waals surface area contributed by atoms with Crippen LogP contribution in [0, 0.1) is 0 Å². The van der Waals surface area contributed by atoms with E-state index < -0.39 is 22.8 Å². The van der Waals surface area contributed by atoms with Crippen LogP contribution in [0.4, 0.5) is 5.69 Å². The average molecular weight is 332 g/mol. The highest BCUT2D eigenvalue weighted by Crippen LogP contribution is 2.36. The van der Waals surface area contributed by atoms with Gasteiger partial charge in [-0.25, -0.2) is 4.79 Å². The quantitative estimate of drug-likeness (QED) is 0.775. The molecular formula is C17H20N2O5. The zero-order valence-corrected chi connectivity index (χ0v) is 14.0. The summed E-state index contributed by atoms with van der Waals surface area (Å²) < 4.78 is 5.22. The number of aromatic hydroxyl groups is 1. The van der Waals surface area contributed by atoms with Crippen molar-refractivity contribution in [3.05, 3.63) is 39.7 Å². The standard InChI is InChI=1S/C17H20N2O5/c1-5-10-14(18-16(21)13(15(10)20)17(22)23)11-7-6-9(24-4)8-12(11)19(2)3/h6-8H,5H2,1-4H3,(H,22,23)(H2,18,20,21). The number of H-pyrrole nitrogens is 1. The first-order valence-corrected chi connectivity index (χ1v) is 7.38. The molecule has 2 rings (SSSR count). The molecule has 0 fully saturated rings. The molecule has 0 spiro atoms. The molecule has 0 saturated heterocycles. The molecule has 0 amide bonds. The Kier molecular flexibility index (Phi) is 4.82. The Balaban J connectivity index is 2.83. The van der Waals surface area contributed by atoms with Gasteiger partial charge in [-0.2, -0.15) is 0 Å². The van der Waals surface area contributed by atoms with Gasteiger partial charge in [0.05, 0.1) is 12.8 Å². The van der Waals surface area contributed by atoms with Crippen molar-refractivity contribution in [1.82, 2.24) is 4.98 Å². The van der Waals surface area contributed by atoms with Crippen LogP contribution in [0.3, 0.4) is 0 Å². The molecule has 0 aliphatic rings. The molecule has 0 bridgehead atoms. The van der Waals surface area contributed by atoms with E-state index in [-0.39, 0.29) is 0 Å². The zero-order chi connectivity index (χ0) is 18.0. The average Bonchev–Trinajstić information content (AvgIpc) is 2.53. The SMILES string of the molecule is CCc1c(-c2ccc(OC)cc2N(C)C)[nH]c(=O)c(C(=O)O)c1O. The monoisotopic (exact) mass is 332 g/mol. The van der Waals surface area contributed by atoms with E-state index >= 15 is 0 Å². The molecule has 0 saturated carbocycles. The maximum absolute atomic E-state index is 12.1. The first-order valence-electron chi connectivity index (χ1n) is 7.38. The van der Waals surface area contributed by atoms with Crippen molar-refractivity contribution in [2.45, 2.75) is 13.3 Å². The smallest absolute Gasteiger partial charge is 0.345 e. The third kappa shape index (κ3) is 2.92. The van der Waals surface area contributed by atoms with Gasteiger partial charge in [-0.1, -0.05) is 6.92 Å². The van der Waals surface area contributed by atoms with Gasteiger partial charge < -0.3 is 24.8 Å². The lowest BCUT2D eigenvalue weighted by atomic mass is 9.99.